The number of carboxylic acid groups (broad SMARTS) is 1. The Morgan fingerprint density at radius 1 is 1.29 bits per heavy atom. The molecule has 3 aromatic rings. The summed E-state index contributed by atoms with van der Waals surface area (Å²) in [5, 5.41) is 38.2. The summed E-state index contributed by atoms with van der Waals surface area (Å²) in [7, 11) is 0. The molecule has 1 saturated heterocycles. The lowest BCUT2D eigenvalue weighted by Crippen LogP contribution is -2.53. The Kier molecular flexibility index (Phi) is 10.5. The van der Waals surface area contributed by atoms with Crippen molar-refractivity contribution in [3.63, 3.8) is 0 Å². The van der Waals surface area contributed by atoms with Crippen LogP contribution in [0.25, 0.3) is 0 Å². The van der Waals surface area contributed by atoms with Gasteiger partial charge in [0, 0.05) is 17.2 Å². The van der Waals surface area contributed by atoms with Crippen molar-refractivity contribution >= 4 is 40.9 Å². The number of hydrogen-bond acceptors (Lipinski definition) is 12. The van der Waals surface area contributed by atoms with Crippen molar-refractivity contribution in [1.29, 1.82) is 5.26 Å². The number of carbonyl (C=O) groups is 3. The fraction of sp³-hybridized carbons (Fsp3) is 0.385. The van der Waals surface area contributed by atoms with Gasteiger partial charge >= 0.3 is 23.5 Å². The van der Waals surface area contributed by atoms with Gasteiger partial charge in [0.15, 0.2) is 6.07 Å². The van der Waals surface area contributed by atoms with Crippen LogP contribution < -0.4 is 15.0 Å². The van der Waals surface area contributed by atoms with Crippen molar-refractivity contribution in [1.82, 2.24) is 15.4 Å². The number of rotatable bonds is 13. The van der Waals surface area contributed by atoms with Gasteiger partial charge in [-0.15, -0.1) is 23.1 Å². The Morgan fingerprint density at radius 3 is 2.80 bits per heavy atom. The van der Waals surface area contributed by atoms with Gasteiger partial charge < -0.3 is 24.7 Å². The largest absolute Gasteiger partial charge is 0.480 e. The van der Waals surface area contributed by atoms with Gasteiger partial charge in [0.1, 0.15) is 25.8 Å². The third-order valence-corrected chi connectivity index (χ3v) is 8.61. The van der Waals surface area contributed by atoms with Crippen LogP contribution in [0.1, 0.15) is 27.8 Å². The molecule has 3 atom stereocenters. The van der Waals surface area contributed by atoms with Crippen molar-refractivity contribution in [2.75, 3.05) is 32.1 Å². The van der Waals surface area contributed by atoms with E-state index >= 15 is 0 Å². The highest BCUT2D eigenvalue weighted by Crippen LogP contribution is 2.35. The van der Waals surface area contributed by atoms with Gasteiger partial charge in [0.25, 0.3) is 0 Å². The van der Waals surface area contributed by atoms with Gasteiger partial charge in [0.05, 0.1) is 16.4 Å². The van der Waals surface area contributed by atoms with Gasteiger partial charge in [0.2, 0.25) is 5.91 Å². The summed E-state index contributed by atoms with van der Waals surface area (Å²) in [5.41, 5.74) is 0.642. The minimum Gasteiger partial charge on any atom is -0.480 e. The lowest BCUT2D eigenvalue weighted by molar-refractivity contribution is -0.805. The number of amides is 1. The average Bonchev–Trinajstić information content (AvgIpc) is 3.60. The third-order valence-electron chi connectivity index (χ3n) is 6.15. The summed E-state index contributed by atoms with van der Waals surface area (Å²) in [6.07, 6.45) is 0.813. The zero-order chi connectivity index (χ0) is 29.2. The maximum absolute atomic E-state index is 13.5. The lowest BCUT2D eigenvalue weighted by atomic mass is 10.0. The van der Waals surface area contributed by atoms with Crippen molar-refractivity contribution in [3.8, 4) is 11.9 Å². The lowest BCUT2D eigenvalue weighted by Gasteiger charge is -2.27. The van der Waals surface area contributed by atoms with E-state index in [4.69, 9.17) is 14.7 Å². The predicted molar refractivity (Wildman–Crippen MR) is 146 cm³/mol. The van der Waals surface area contributed by atoms with E-state index in [2.05, 4.69) is 15.1 Å². The standard InChI is InChI=1S/C26H27N5O8S2/c27-13-19-25(31(36)39-29-19)37-10-11-38-26(35)18(9-8-17-5-2-1-3-6-17)28-20-16-41-22(21-7-4-12-40-21)14-30(24(20)34)15-23(32)33/h1-7,12,18,20,22,28H,8-11,14-16H2,(H,32,33)/t18-,20+,22+/m0/s1. The van der Waals surface area contributed by atoms with Crippen LogP contribution in [0.3, 0.4) is 0 Å². The first-order valence-corrected chi connectivity index (χ1v) is 14.5. The fourth-order valence-electron chi connectivity index (χ4n) is 4.20. The molecule has 4 rings (SSSR count). The molecule has 0 radical (unpaired) electrons. The summed E-state index contributed by atoms with van der Waals surface area (Å²) < 4.78 is 14.9. The van der Waals surface area contributed by atoms with E-state index in [1.54, 1.807) is 6.07 Å². The number of carboxylic acids is 1. The molecule has 41 heavy (non-hydrogen) atoms. The molecule has 216 valence electrons. The zero-order valence-electron chi connectivity index (χ0n) is 21.7. The van der Waals surface area contributed by atoms with Crippen LogP contribution in [0, 0.1) is 16.5 Å². The number of nitriles is 1. The Balaban J connectivity index is 1.44. The first-order valence-electron chi connectivity index (χ1n) is 12.6. The molecule has 1 fully saturated rings. The Morgan fingerprint density at radius 2 is 2.10 bits per heavy atom. The highest BCUT2D eigenvalue weighted by Gasteiger charge is 2.36. The predicted octanol–water partition coefficient (Wildman–Crippen LogP) is 1.52. The first-order chi connectivity index (χ1) is 19.9. The second kappa shape index (κ2) is 14.5. The Bertz CT molecular complexity index is 1360. The minimum absolute atomic E-state index is 0.0632. The number of hydrogen-bond donors (Lipinski definition) is 2. The third kappa shape index (κ3) is 8.19. The quantitative estimate of drug-likeness (QED) is 0.164. The van der Waals surface area contributed by atoms with Crippen molar-refractivity contribution in [2.45, 2.75) is 30.2 Å². The van der Waals surface area contributed by atoms with Crippen molar-refractivity contribution in [2.24, 2.45) is 0 Å². The molecule has 0 unspecified atom stereocenters. The molecule has 0 aliphatic carbocycles. The van der Waals surface area contributed by atoms with Crippen LogP contribution in [-0.2, 0) is 25.5 Å². The monoisotopic (exact) mass is 601 g/mol. The smallest absolute Gasteiger partial charge is 0.391 e. The van der Waals surface area contributed by atoms with E-state index < -0.39 is 42.4 Å². The maximum Gasteiger partial charge on any atom is 0.391 e. The number of ether oxygens (including phenoxy) is 2. The van der Waals surface area contributed by atoms with Gasteiger partial charge in [-0.05, 0) is 34.8 Å². The summed E-state index contributed by atoms with van der Waals surface area (Å²) >= 11 is 3.06. The van der Waals surface area contributed by atoms with E-state index in [0.717, 1.165) is 10.4 Å². The van der Waals surface area contributed by atoms with Gasteiger partial charge in [-0.2, -0.15) is 5.26 Å². The highest BCUT2D eigenvalue weighted by atomic mass is 32.2. The first kappa shape index (κ1) is 29.8. The SMILES string of the molecule is N#Cc1no[n+]([O-])c1OCCOC(=O)[C@H](CCc1ccccc1)N[C@@H]1CS[C@@H](c2cccs2)CN(CC(=O)O)C1=O. The number of benzene rings is 1. The van der Waals surface area contributed by atoms with Crippen LogP contribution in [0.4, 0.5) is 0 Å². The molecule has 0 saturated carbocycles. The van der Waals surface area contributed by atoms with Crippen LogP contribution in [0.5, 0.6) is 5.88 Å². The molecular formula is C26H27N5O8S2. The van der Waals surface area contributed by atoms with Crippen LogP contribution >= 0.6 is 23.1 Å². The van der Waals surface area contributed by atoms with E-state index in [-0.39, 0.29) is 35.6 Å². The zero-order valence-corrected chi connectivity index (χ0v) is 23.3. The van der Waals surface area contributed by atoms with Gasteiger partial charge in [-0.25, -0.2) is 0 Å². The second-order valence-corrected chi connectivity index (χ2v) is 11.2. The average molecular weight is 602 g/mol. The molecule has 1 aliphatic heterocycles. The van der Waals surface area contributed by atoms with Crippen LogP contribution in [0.15, 0.2) is 52.5 Å². The normalized spacial score (nSPS) is 17.8. The molecular weight excluding hydrogens is 574 g/mol. The number of nitrogens with one attached hydrogen (secondary N) is 1. The summed E-state index contributed by atoms with van der Waals surface area (Å²) in [6.45, 7) is -0.721. The summed E-state index contributed by atoms with van der Waals surface area (Å²) in [5.74, 6) is -2.30. The highest BCUT2D eigenvalue weighted by molar-refractivity contribution is 7.99. The molecule has 3 heterocycles. The number of nitrogens with zero attached hydrogens (tertiary/aromatic N) is 4. The van der Waals surface area contributed by atoms with Crippen molar-refractivity contribution in [3.05, 3.63) is 69.2 Å². The topological polar surface area (TPSA) is 182 Å². The molecule has 1 aliphatic rings. The van der Waals surface area contributed by atoms with Crippen LogP contribution in [0.2, 0.25) is 0 Å². The van der Waals surface area contributed by atoms with Gasteiger partial charge in [-0.3, -0.25) is 24.3 Å². The number of aryl methyl sites for hydroxylation is 1. The Hall–Kier alpha value is -4.13. The number of esters is 1. The number of aromatic nitrogens is 2. The van der Waals surface area contributed by atoms with E-state index in [9.17, 15) is 24.7 Å². The molecule has 2 aromatic heterocycles. The Labute approximate surface area is 243 Å². The van der Waals surface area contributed by atoms with Crippen molar-refractivity contribution < 1.29 is 38.5 Å². The second-order valence-electron chi connectivity index (χ2n) is 8.96. The number of thioether (sulfide) groups is 1. The van der Waals surface area contributed by atoms with Crippen LogP contribution in [-0.4, -0.2) is 77.1 Å². The summed E-state index contributed by atoms with van der Waals surface area (Å²) in [6, 6.07) is 13.3. The van der Waals surface area contributed by atoms with E-state index in [0.29, 0.717) is 18.6 Å². The van der Waals surface area contributed by atoms with E-state index in [1.807, 2.05) is 47.8 Å². The van der Waals surface area contributed by atoms with Gasteiger partial charge in [-0.1, -0.05) is 36.4 Å². The molecule has 0 bridgehead atoms. The molecule has 2 N–H and O–H groups in total. The summed E-state index contributed by atoms with van der Waals surface area (Å²) in [4.78, 5) is 40.5. The number of aliphatic carboxylic acids is 1. The molecule has 15 heteroatoms. The number of carbonyl (C=O) groups excluding carboxylic acids is 2. The maximum atomic E-state index is 13.5. The molecule has 1 amide bonds. The fourth-order valence-corrected chi connectivity index (χ4v) is 6.46. The molecule has 0 spiro atoms. The molecule has 13 nitrogen and oxygen atoms in total. The molecule has 1 aromatic carbocycles. The number of thiophene rings is 1. The minimum atomic E-state index is -1.12. The van der Waals surface area contributed by atoms with E-state index in [1.165, 1.54) is 28.0 Å².